The molecule has 21 heavy (non-hydrogen) atoms. The summed E-state index contributed by atoms with van der Waals surface area (Å²) in [4.78, 5) is 0. The van der Waals surface area contributed by atoms with Crippen molar-refractivity contribution in [2.45, 2.75) is 6.61 Å². The van der Waals surface area contributed by atoms with Crippen molar-refractivity contribution in [3.63, 3.8) is 0 Å². The van der Waals surface area contributed by atoms with Gasteiger partial charge in [-0.05, 0) is 24.3 Å². The molecule has 0 atom stereocenters. The average Bonchev–Trinajstić information content (AvgIpc) is 2.97. The van der Waals surface area contributed by atoms with E-state index in [0.717, 1.165) is 11.4 Å². The van der Waals surface area contributed by atoms with Gasteiger partial charge in [0, 0.05) is 0 Å². The molecule has 0 radical (unpaired) electrons. The summed E-state index contributed by atoms with van der Waals surface area (Å²) in [6.45, 7) is 0.231. The zero-order valence-corrected chi connectivity index (χ0v) is 11.2. The molecule has 2 aromatic carbocycles. The summed E-state index contributed by atoms with van der Waals surface area (Å²) in [7, 11) is 0. The van der Waals surface area contributed by atoms with Gasteiger partial charge in [0.1, 0.15) is 24.1 Å². The van der Waals surface area contributed by atoms with Gasteiger partial charge < -0.3 is 4.74 Å². The molecular weight excluding hydrogens is 264 g/mol. The first-order valence-electron chi connectivity index (χ1n) is 6.46. The van der Waals surface area contributed by atoms with Gasteiger partial charge in [-0.2, -0.15) is 5.26 Å². The van der Waals surface area contributed by atoms with Crippen LogP contribution in [0.2, 0.25) is 0 Å². The van der Waals surface area contributed by atoms with Gasteiger partial charge in [-0.15, -0.1) is 5.10 Å². The Morgan fingerprint density at radius 3 is 2.33 bits per heavy atom. The van der Waals surface area contributed by atoms with Gasteiger partial charge >= 0.3 is 0 Å². The molecule has 0 saturated carbocycles. The quantitative estimate of drug-likeness (QED) is 0.735. The molecule has 0 spiro atoms. The first-order chi connectivity index (χ1) is 10.4. The van der Waals surface area contributed by atoms with Crippen LogP contribution in [0.25, 0.3) is 5.69 Å². The molecule has 0 saturated heterocycles. The van der Waals surface area contributed by atoms with Crippen molar-refractivity contribution >= 4 is 0 Å². The highest BCUT2D eigenvalue weighted by Gasteiger charge is 2.14. The van der Waals surface area contributed by atoms with Crippen molar-refractivity contribution in [3.05, 3.63) is 72.1 Å². The summed E-state index contributed by atoms with van der Waals surface area (Å²) in [5, 5.41) is 17.1. The largest absolute Gasteiger partial charge is 0.487 e. The summed E-state index contributed by atoms with van der Waals surface area (Å²) in [5.41, 5.74) is 1.75. The average molecular weight is 276 g/mol. The van der Waals surface area contributed by atoms with Crippen molar-refractivity contribution in [1.29, 1.82) is 5.26 Å². The molecule has 3 rings (SSSR count). The van der Waals surface area contributed by atoms with Gasteiger partial charge in [0.05, 0.1) is 5.69 Å². The highest BCUT2D eigenvalue weighted by atomic mass is 16.5. The van der Waals surface area contributed by atoms with E-state index in [9.17, 15) is 0 Å². The molecule has 0 amide bonds. The minimum atomic E-state index is 0.231. The van der Waals surface area contributed by atoms with E-state index in [2.05, 4.69) is 10.3 Å². The zero-order chi connectivity index (χ0) is 14.5. The molecular formula is C16H12N4O. The van der Waals surface area contributed by atoms with Crippen LogP contribution in [0.5, 0.6) is 5.75 Å². The minimum Gasteiger partial charge on any atom is -0.487 e. The topological polar surface area (TPSA) is 63.7 Å². The van der Waals surface area contributed by atoms with Crippen molar-refractivity contribution in [2.75, 3.05) is 0 Å². The Morgan fingerprint density at radius 1 is 1.00 bits per heavy atom. The molecule has 0 aliphatic heterocycles. The maximum atomic E-state index is 9.15. The summed E-state index contributed by atoms with van der Waals surface area (Å²) in [6.07, 6.45) is 0. The Labute approximate surface area is 122 Å². The second-order valence-corrected chi connectivity index (χ2v) is 4.35. The zero-order valence-electron chi connectivity index (χ0n) is 11.2. The van der Waals surface area contributed by atoms with Crippen molar-refractivity contribution in [1.82, 2.24) is 15.0 Å². The number of ether oxygens (including phenoxy) is 1. The number of hydrogen-bond donors (Lipinski definition) is 0. The molecule has 0 aliphatic carbocycles. The van der Waals surface area contributed by atoms with Crippen LogP contribution >= 0.6 is 0 Å². The predicted molar refractivity (Wildman–Crippen MR) is 76.8 cm³/mol. The molecule has 102 valence electrons. The number of hydrogen-bond acceptors (Lipinski definition) is 4. The smallest absolute Gasteiger partial charge is 0.189 e. The van der Waals surface area contributed by atoms with E-state index in [-0.39, 0.29) is 12.3 Å². The number of aromatic nitrogens is 3. The number of benzene rings is 2. The van der Waals surface area contributed by atoms with Crippen LogP contribution in [0.3, 0.4) is 0 Å². The minimum absolute atomic E-state index is 0.231. The van der Waals surface area contributed by atoms with Gasteiger partial charge in [-0.25, -0.2) is 4.68 Å². The second kappa shape index (κ2) is 5.88. The Bertz CT molecular complexity index is 760. The number of rotatable bonds is 4. The van der Waals surface area contributed by atoms with E-state index >= 15 is 0 Å². The standard InChI is InChI=1S/C16H12N4O/c17-11-15-16(12-21-14-9-5-2-6-10-14)20(19-18-15)13-7-3-1-4-8-13/h1-10H,12H2. The lowest BCUT2D eigenvalue weighted by Gasteiger charge is -2.08. The maximum Gasteiger partial charge on any atom is 0.189 e. The van der Waals surface area contributed by atoms with Crippen molar-refractivity contribution in [2.24, 2.45) is 0 Å². The van der Waals surface area contributed by atoms with Gasteiger partial charge in [-0.1, -0.05) is 41.6 Å². The Balaban J connectivity index is 1.90. The third-order valence-electron chi connectivity index (χ3n) is 2.99. The Kier molecular flexibility index (Phi) is 3.61. The van der Waals surface area contributed by atoms with Gasteiger partial charge in [0.2, 0.25) is 0 Å². The van der Waals surface area contributed by atoms with Crippen LogP contribution in [0.4, 0.5) is 0 Å². The van der Waals surface area contributed by atoms with Crippen LogP contribution in [0.1, 0.15) is 11.4 Å². The molecule has 0 aliphatic rings. The molecule has 1 aromatic heterocycles. The normalized spacial score (nSPS) is 10.0. The number of para-hydroxylation sites is 2. The van der Waals surface area contributed by atoms with E-state index in [1.807, 2.05) is 66.7 Å². The third kappa shape index (κ3) is 2.74. The molecule has 0 fully saturated rings. The summed E-state index contributed by atoms with van der Waals surface area (Å²) >= 11 is 0. The first-order valence-corrected chi connectivity index (χ1v) is 6.46. The molecule has 1 heterocycles. The number of nitriles is 1. The fourth-order valence-electron chi connectivity index (χ4n) is 1.96. The fraction of sp³-hybridized carbons (Fsp3) is 0.0625. The number of nitrogens with zero attached hydrogens (tertiary/aromatic N) is 4. The van der Waals surface area contributed by atoms with Crippen LogP contribution in [-0.4, -0.2) is 15.0 Å². The van der Waals surface area contributed by atoms with E-state index < -0.39 is 0 Å². The highest BCUT2D eigenvalue weighted by molar-refractivity contribution is 5.36. The fourth-order valence-corrected chi connectivity index (χ4v) is 1.96. The van der Waals surface area contributed by atoms with E-state index in [0.29, 0.717) is 5.69 Å². The van der Waals surface area contributed by atoms with Crippen LogP contribution in [0.15, 0.2) is 60.7 Å². The van der Waals surface area contributed by atoms with Crippen LogP contribution < -0.4 is 4.74 Å². The van der Waals surface area contributed by atoms with Crippen molar-refractivity contribution in [3.8, 4) is 17.5 Å². The summed E-state index contributed by atoms with van der Waals surface area (Å²) in [5.74, 6) is 0.738. The summed E-state index contributed by atoms with van der Waals surface area (Å²) < 4.78 is 7.33. The lowest BCUT2D eigenvalue weighted by molar-refractivity contribution is 0.297. The second-order valence-electron chi connectivity index (χ2n) is 4.35. The monoisotopic (exact) mass is 276 g/mol. The lowest BCUT2D eigenvalue weighted by Crippen LogP contribution is -2.06. The summed E-state index contributed by atoms with van der Waals surface area (Å²) in [6, 6.07) is 21.0. The molecule has 0 unspecified atom stereocenters. The first kappa shape index (κ1) is 12.9. The SMILES string of the molecule is N#Cc1nnn(-c2ccccc2)c1COc1ccccc1. The Hall–Kier alpha value is -3.13. The highest BCUT2D eigenvalue weighted by Crippen LogP contribution is 2.16. The van der Waals surface area contributed by atoms with Gasteiger partial charge in [0.25, 0.3) is 0 Å². The molecule has 5 nitrogen and oxygen atoms in total. The van der Waals surface area contributed by atoms with Crippen LogP contribution in [-0.2, 0) is 6.61 Å². The van der Waals surface area contributed by atoms with Crippen molar-refractivity contribution < 1.29 is 4.74 Å². The molecule has 5 heteroatoms. The molecule has 0 bridgehead atoms. The molecule has 3 aromatic rings. The van der Waals surface area contributed by atoms with E-state index in [1.54, 1.807) is 4.68 Å². The predicted octanol–water partition coefficient (Wildman–Crippen LogP) is 2.72. The lowest BCUT2D eigenvalue weighted by atomic mass is 10.3. The van der Waals surface area contributed by atoms with Gasteiger partial charge in [0.15, 0.2) is 5.69 Å². The Morgan fingerprint density at radius 2 is 1.67 bits per heavy atom. The van der Waals surface area contributed by atoms with E-state index in [1.165, 1.54) is 0 Å². The third-order valence-corrected chi connectivity index (χ3v) is 2.99. The van der Waals surface area contributed by atoms with Gasteiger partial charge in [-0.3, -0.25) is 0 Å². The maximum absolute atomic E-state index is 9.15. The molecule has 0 N–H and O–H groups in total. The van der Waals surface area contributed by atoms with Crippen LogP contribution in [0, 0.1) is 11.3 Å². The van der Waals surface area contributed by atoms with E-state index in [4.69, 9.17) is 10.00 Å².